The molecule has 0 fully saturated rings. The van der Waals surface area contributed by atoms with E-state index in [0.29, 0.717) is 0 Å². The van der Waals surface area contributed by atoms with E-state index in [4.69, 9.17) is 4.74 Å². The summed E-state index contributed by atoms with van der Waals surface area (Å²) < 4.78 is 6.79. The van der Waals surface area contributed by atoms with Gasteiger partial charge >= 0.3 is 0 Å². The first-order valence-corrected chi connectivity index (χ1v) is 7.38. The Kier molecular flexibility index (Phi) is 5.85. The lowest BCUT2D eigenvalue weighted by Gasteiger charge is -2.20. The molecule has 0 aliphatic carbocycles. The number of ether oxygens (including phenoxy) is 1. The standard InChI is InChI=1S/C15H22BrNO2/c1-6-17(7-2)14(18)9-19-13-8-10(3)15(16)12(5)11(13)4/h8H,6-7,9H2,1-5H3. The maximum atomic E-state index is 11.9. The van der Waals surface area contributed by atoms with Crippen molar-refractivity contribution in [2.45, 2.75) is 34.6 Å². The van der Waals surface area contributed by atoms with Crippen LogP contribution in [0.1, 0.15) is 30.5 Å². The number of amides is 1. The first kappa shape index (κ1) is 16.0. The van der Waals surface area contributed by atoms with Crippen LogP contribution in [-0.4, -0.2) is 30.5 Å². The first-order valence-electron chi connectivity index (χ1n) is 6.59. The fourth-order valence-electron chi connectivity index (χ4n) is 1.97. The topological polar surface area (TPSA) is 29.5 Å². The largest absolute Gasteiger partial charge is 0.483 e. The molecular weight excluding hydrogens is 306 g/mol. The lowest BCUT2D eigenvalue weighted by molar-refractivity contribution is -0.132. The summed E-state index contributed by atoms with van der Waals surface area (Å²) >= 11 is 3.56. The lowest BCUT2D eigenvalue weighted by atomic mass is 10.1. The molecule has 0 unspecified atom stereocenters. The molecule has 0 aliphatic heterocycles. The van der Waals surface area contributed by atoms with Crippen LogP contribution in [-0.2, 0) is 4.79 Å². The van der Waals surface area contributed by atoms with E-state index in [1.165, 1.54) is 0 Å². The molecule has 0 spiro atoms. The highest BCUT2D eigenvalue weighted by Crippen LogP contribution is 2.31. The van der Waals surface area contributed by atoms with Crippen LogP contribution >= 0.6 is 15.9 Å². The molecule has 0 aromatic heterocycles. The summed E-state index contributed by atoms with van der Waals surface area (Å²) in [6, 6.07) is 1.97. The summed E-state index contributed by atoms with van der Waals surface area (Å²) in [5, 5.41) is 0. The molecule has 1 rings (SSSR count). The van der Waals surface area contributed by atoms with Gasteiger partial charge in [-0.2, -0.15) is 0 Å². The van der Waals surface area contributed by atoms with Gasteiger partial charge in [0.15, 0.2) is 6.61 Å². The minimum absolute atomic E-state index is 0.0302. The van der Waals surface area contributed by atoms with Crippen LogP contribution in [0.4, 0.5) is 0 Å². The molecule has 3 nitrogen and oxygen atoms in total. The van der Waals surface area contributed by atoms with Crippen LogP contribution in [0.5, 0.6) is 5.75 Å². The number of halogens is 1. The zero-order chi connectivity index (χ0) is 14.6. The van der Waals surface area contributed by atoms with Gasteiger partial charge in [0.25, 0.3) is 5.91 Å². The quantitative estimate of drug-likeness (QED) is 0.826. The molecule has 0 aliphatic rings. The predicted octanol–water partition coefficient (Wildman–Crippen LogP) is 3.62. The van der Waals surface area contributed by atoms with E-state index in [-0.39, 0.29) is 12.5 Å². The summed E-state index contributed by atoms with van der Waals surface area (Å²) in [6.45, 7) is 11.6. The van der Waals surface area contributed by atoms with Crippen LogP contribution < -0.4 is 4.74 Å². The maximum Gasteiger partial charge on any atom is 0.260 e. The summed E-state index contributed by atoms with van der Waals surface area (Å²) in [5.41, 5.74) is 3.35. The molecule has 0 heterocycles. The average Bonchev–Trinajstić information content (AvgIpc) is 2.40. The van der Waals surface area contributed by atoms with Gasteiger partial charge in [-0.15, -0.1) is 0 Å². The molecule has 0 bridgehead atoms. The second-order valence-corrected chi connectivity index (χ2v) is 5.40. The SMILES string of the molecule is CCN(CC)C(=O)COc1cc(C)c(Br)c(C)c1C. The van der Waals surface area contributed by atoms with E-state index >= 15 is 0 Å². The monoisotopic (exact) mass is 327 g/mol. The molecule has 1 aromatic carbocycles. The van der Waals surface area contributed by atoms with Crippen molar-refractivity contribution in [2.75, 3.05) is 19.7 Å². The van der Waals surface area contributed by atoms with Crippen LogP contribution in [0.3, 0.4) is 0 Å². The summed E-state index contributed by atoms with van der Waals surface area (Å²) in [5.74, 6) is 0.821. The van der Waals surface area contributed by atoms with Crippen molar-refractivity contribution in [3.8, 4) is 5.75 Å². The van der Waals surface area contributed by atoms with Gasteiger partial charge in [0.1, 0.15) is 5.75 Å². The van der Waals surface area contributed by atoms with Gasteiger partial charge in [0.05, 0.1) is 0 Å². The van der Waals surface area contributed by atoms with Crippen molar-refractivity contribution >= 4 is 21.8 Å². The summed E-state index contributed by atoms with van der Waals surface area (Å²) in [7, 11) is 0. The van der Waals surface area contributed by atoms with Gasteiger partial charge in [0, 0.05) is 17.6 Å². The van der Waals surface area contributed by atoms with Crippen LogP contribution in [0.15, 0.2) is 10.5 Å². The van der Waals surface area contributed by atoms with Crippen molar-refractivity contribution < 1.29 is 9.53 Å². The minimum atomic E-state index is 0.0302. The zero-order valence-electron chi connectivity index (χ0n) is 12.3. The fraction of sp³-hybridized carbons (Fsp3) is 0.533. The van der Waals surface area contributed by atoms with Crippen LogP contribution in [0, 0.1) is 20.8 Å². The van der Waals surface area contributed by atoms with E-state index in [9.17, 15) is 4.79 Å². The summed E-state index contributed by atoms with van der Waals surface area (Å²) in [4.78, 5) is 13.7. The molecule has 0 N–H and O–H groups in total. The highest BCUT2D eigenvalue weighted by Gasteiger charge is 2.13. The third-order valence-corrected chi connectivity index (χ3v) is 4.64. The molecule has 1 amide bonds. The van der Waals surface area contributed by atoms with Crippen molar-refractivity contribution in [1.29, 1.82) is 0 Å². The first-order chi connectivity index (χ1) is 8.92. The van der Waals surface area contributed by atoms with Gasteiger partial charge < -0.3 is 9.64 Å². The van der Waals surface area contributed by atoms with Gasteiger partial charge in [-0.1, -0.05) is 15.9 Å². The van der Waals surface area contributed by atoms with Crippen molar-refractivity contribution in [1.82, 2.24) is 4.90 Å². The molecular formula is C15H22BrNO2. The fourth-order valence-corrected chi connectivity index (χ4v) is 2.38. The van der Waals surface area contributed by atoms with Gasteiger partial charge in [0.2, 0.25) is 0 Å². The Hall–Kier alpha value is -1.03. The van der Waals surface area contributed by atoms with Crippen molar-refractivity contribution in [2.24, 2.45) is 0 Å². The Morgan fingerprint density at radius 3 is 2.32 bits per heavy atom. The molecule has 4 heteroatoms. The lowest BCUT2D eigenvalue weighted by Crippen LogP contribution is -2.34. The van der Waals surface area contributed by atoms with Gasteiger partial charge in [-0.25, -0.2) is 0 Å². The van der Waals surface area contributed by atoms with Crippen molar-refractivity contribution in [3.63, 3.8) is 0 Å². The zero-order valence-corrected chi connectivity index (χ0v) is 13.9. The number of hydrogen-bond donors (Lipinski definition) is 0. The Labute approximate surface area is 124 Å². The smallest absolute Gasteiger partial charge is 0.260 e. The molecule has 106 valence electrons. The van der Waals surface area contributed by atoms with E-state index in [1.54, 1.807) is 4.90 Å². The number of carbonyl (C=O) groups excluding carboxylic acids is 1. The molecule has 0 saturated heterocycles. The third-order valence-electron chi connectivity index (χ3n) is 3.42. The Bertz CT molecular complexity index is 468. The minimum Gasteiger partial charge on any atom is -0.483 e. The average molecular weight is 328 g/mol. The summed E-state index contributed by atoms with van der Waals surface area (Å²) in [6.07, 6.45) is 0. The Morgan fingerprint density at radius 1 is 1.21 bits per heavy atom. The number of rotatable bonds is 5. The Balaban J connectivity index is 2.82. The predicted molar refractivity (Wildman–Crippen MR) is 81.8 cm³/mol. The van der Waals surface area contributed by atoms with Crippen LogP contribution in [0.2, 0.25) is 0 Å². The van der Waals surface area contributed by atoms with E-state index < -0.39 is 0 Å². The normalized spacial score (nSPS) is 10.4. The van der Waals surface area contributed by atoms with Gasteiger partial charge in [-0.3, -0.25) is 4.79 Å². The highest BCUT2D eigenvalue weighted by atomic mass is 79.9. The highest BCUT2D eigenvalue weighted by molar-refractivity contribution is 9.10. The van der Waals surface area contributed by atoms with Crippen LogP contribution in [0.25, 0.3) is 0 Å². The second-order valence-electron chi connectivity index (χ2n) is 4.61. The van der Waals surface area contributed by atoms with E-state index in [2.05, 4.69) is 15.9 Å². The molecule has 0 radical (unpaired) electrons. The number of hydrogen-bond acceptors (Lipinski definition) is 2. The molecule has 1 aromatic rings. The van der Waals surface area contributed by atoms with E-state index in [1.807, 2.05) is 40.7 Å². The maximum absolute atomic E-state index is 11.9. The Morgan fingerprint density at radius 2 is 1.79 bits per heavy atom. The number of carbonyl (C=O) groups is 1. The number of likely N-dealkylation sites (N-methyl/N-ethyl adjacent to an activating group) is 1. The van der Waals surface area contributed by atoms with Crippen molar-refractivity contribution in [3.05, 3.63) is 27.2 Å². The molecule has 0 saturated carbocycles. The molecule has 0 atom stereocenters. The number of aryl methyl sites for hydroxylation is 1. The number of benzene rings is 1. The number of nitrogens with zero attached hydrogens (tertiary/aromatic N) is 1. The van der Waals surface area contributed by atoms with E-state index in [0.717, 1.165) is 40.0 Å². The second kappa shape index (κ2) is 6.94. The molecule has 19 heavy (non-hydrogen) atoms. The third kappa shape index (κ3) is 3.72. The van der Waals surface area contributed by atoms with Gasteiger partial charge in [-0.05, 0) is 57.4 Å².